The molecule has 0 spiro atoms. The lowest BCUT2D eigenvalue weighted by molar-refractivity contribution is 0.0853. The lowest BCUT2D eigenvalue weighted by Gasteiger charge is -2.32. The van der Waals surface area contributed by atoms with Crippen LogP contribution in [-0.2, 0) is 4.74 Å². The van der Waals surface area contributed by atoms with Gasteiger partial charge in [-0.3, -0.25) is 9.98 Å². The van der Waals surface area contributed by atoms with Crippen molar-refractivity contribution in [2.75, 3.05) is 19.8 Å². The Labute approximate surface area is 178 Å². The van der Waals surface area contributed by atoms with E-state index in [1.165, 1.54) is 12.0 Å². The maximum atomic E-state index is 6.19. The van der Waals surface area contributed by atoms with Crippen LogP contribution in [0.15, 0.2) is 35.1 Å². The molecule has 0 radical (unpaired) electrons. The van der Waals surface area contributed by atoms with E-state index >= 15 is 0 Å². The molecule has 2 heterocycles. The van der Waals surface area contributed by atoms with E-state index in [2.05, 4.69) is 23.2 Å². The number of fused-ring (bicyclic) bond motifs is 1. The predicted molar refractivity (Wildman–Crippen MR) is 122 cm³/mol. The summed E-state index contributed by atoms with van der Waals surface area (Å²) in [7, 11) is 0. The molecule has 4 N–H and O–H groups in total. The molecule has 6 heteroatoms. The smallest absolute Gasteiger partial charge is 0.0925 e. The standard InChI is InChI=1S/C24H33N5O/c1-16(26)21(14-27-20-11-17(12-20)3-2-8-25)24-15-28-22-5-4-19(13-23(22)29-24)18-6-9-30-10-7-18/h4-5,13-15,17-18,20H,2-3,6-12,25-26H2,1H3. The molecule has 2 aromatic rings. The van der Waals surface area contributed by atoms with E-state index in [1.807, 2.05) is 13.1 Å². The van der Waals surface area contributed by atoms with Gasteiger partial charge < -0.3 is 16.2 Å². The zero-order chi connectivity index (χ0) is 20.9. The molecule has 6 nitrogen and oxygen atoms in total. The number of ether oxygens (including phenoxy) is 1. The van der Waals surface area contributed by atoms with Gasteiger partial charge in [0.05, 0.1) is 29.0 Å². The average molecular weight is 408 g/mol. The van der Waals surface area contributed by atoms with Crippen molar-refractivity contribution >= 4 is 22.8 Å². The Morgan fingerprint density at radius 2 is 2.03 bits per heavy atom. The lowest BCUT2D eigenvalue weighted by atomic mass is 9.78. The second kappa shape index (κ2) is 9.67. The highest BCUT2D eigenvalue weighted by atomic mass is 16.5. The van der Waals surface area contributed by atoms with Gasteiger partial charge in [0.1, 0.15) is 0 Å². The van der Waals surface area contributed by atoms with Crippen LogP contribution in [0.3, 0.4) is 0 Å². The third-order valence-electron chi connectivity index (χ3n) is 6.40. The van der Waals surface area contributed by atoms with Crippen molar-refractivity contribution in [3.63, 3.8) is 0 Å². The molecule has 1 aliphatic carbocycles. The number of nitrogens with two attached hydrogens (primary N) is 2. The second-order valence-electron chi connectivity index (χ2n) is 8.69. The third kappa shape index (κ3) is 4.87. The Morgan fingerprint density at radius 3 is 2.77 bits per heavy atom. The van der Waals surface area contributed by atoms with Gasteiger partial charge in [-0.2, -0.15) is 0 Å². The molecule has 1 aromatic heterocycles. The molecule has 30 heavy (non-hydrogen) atoms. The first kappa shape index (κ1) is 20.9. The van der Waals surface area contributed by atoms with Gasteiger partial charge in [0.15, 0.2) is 0 Å². The van der Waals surface area contributed by atoms with E-state index in [9.17, 15) is 0 Å². The fourth-order valence-corrected chi connectivity index (χ4v) is 4.46. The van der Waals surface area contributed by atoms with Gasteiger partial charge in [0.25, 0.3) is 0 Å². The molecule has 160 valence electrons. The third-order valence-corrected chi connectivity index (χ3v) is 6.40. The molecule has 4 rings (SSSR count). The monoisotopic (exact) mass is 407 g/mol. The van der Waals surface area contributed by atoms with E-state index in [0.717, 1.165) is 80.1 Å². The van der Waals surface area contributed by atoms with E-state index in [0.29, 0.717) is 17.7 Å². The molecule has 0 amide bonds. The summed E-state index contributed by atoms with van der Waals surface area (Å²) in [6.07, 6.45) is 10.4. The number of allylic oxidation sites excluding steroid dienone is 2. The Kier molecular flexibility index (Phi) is 6.75. The van der Waals surface area contributed by atoms with Crippen LogP contribution < -0.4 is 11.5 Å². The van der Waals surface area contributed by atoms with Gasteiger partial charge in [0, 0.05) is 30.7 Å². The highest BCUT2D eigenvalue weighted by Crippen LogP contribution is 2.34. The highest BCUT2D eigenvalue weighted by molar-refractivity contribution is 6.10. The highest BCUT2D eigenvalue weighted by Gasteiger charge is 2.27. The molecular weight excluding hydrogens is 374 g/mol. The van der Waals surface area contributed by atoms with E-state index < -0.39 is 0 Å². The average Bonchev–Trinajstić information content (AvgIpc) is 2.74. The molecular formula is C24H33N5O. The normalized spacial score (nSPS) is 23.5. The maximum Gasteiger partial charge on any atom is 0.0925 e. The van der Waals surface area contributed by atoms with Crippen molar-refractivity contribution in [1.82, 2.24) is 9.97 Å². The van der Waals surface area contributed by atoms with Crippen LogP contribution >= 0.6 is 0 Å². The summed E-state index contributed by atoms with van der Waals surface area (Å²) in [6, 6.07) is 6.81. The Balaban J connectivity index is 1.51. The van der Waals surface area contributed by atoms with Crippen molar-refractivity contribution in [2.45, 2.75) is 57.4 Å². The van der Waals surface area contributed by atoms with Crippen LogP contribution in [0, 0.1) is 5.92 Å². The molecule has 1 saturated heterocycles. The van der Waals surface area contributed by atoms with Crippen molar-refractivity contribution in [3.8, 4) is 0 Å². The minimum atomic E-state index is 0.385. The zero-order valence-corrected chi connectivity index (χ0v) is 17.9. The molecule has 2 aliphatic rings. The number of benzene rings is 1. The van der Waals surface area contributed by atoms with Crippen molar-refractivity contribution in [3.05, 3.63) is 41.4 Å². The molecule has 1 aliphatic heterocycles. The number of aliphatic imine (C=N–C) groups is 1. The van der Waals surface area contributed by atoms with Gasteiger partial charge in [-0.05, 0) is 81.5 Å². The van der Waals surface area contributed by atoms with Crippen molar-refractivity contribution in [2.24, 2.45) is 22.4 Å². The molecule has 0 atom stereocenters. The molecule has 1 saturated carbocycles. The summed E-state index contributed by atoms with van der Waals surface area (Å²) in [5, 5.41) is 0. The molecule has 0 bridgehead atoms. The Bertz CT molecular complexity index is 922. The predicted octanol–water partition coefficient (Wildman–Crippen LogP) is 3.80. The van der Waals surface area contributed by atoms with Crippen molar-refractivity contribution in [1.29, 1.82) is 0 Å². The minimum Gasteiger partial charge on any atom is -0.402 e. The summed E-state index contributed by atoms with van der Waals surface area (Å²) in [6.45, 7) is 4.34. The first-order valence-corrected chi connectivity index (χ1v) is 11.2. The number of hydrogen-bond acceptors (Lipinski definition) is 6. The Hall–Kier alpha value is -2.31. The number of aromatic nitrogens is 2. The first-order valence-electron chi connectivity index (χ1n) is 11.2. The summed E-state index contributed by atoms with van der Waals surface area (Å²) in [5.74, 6) is 1.30. The lowest BCUT2D eigenvalue weighted by Crippen LogP contribution is -2.27. The first-order chi connectivity index (χ1) is 14.6. The van der Waals surface area contributed by atoms with E-state index in [1.54, 1.807) is 6.20 Å². The van der Waals surface area contributed by atoms with Crippen LogP contribution in [0.4, 0.5) is 0 Å². The van der Waals surface area contributed by atoms with Crippen molar-refractivity contribution < 1.29 is 4.74 Å². The van der Waals surface area contributed by atoms with Gasteiger partial charge in [0.2, 0.25) is 0 Å². The van der Waals surface area contributed by atoms with Crippen LogP contribution in [0.2, 0.25) is 0 Å². The summed E-state index contributed by atoms with van der Waals surface area (Å²) < 4.78 is 5.50. The summed E-state index contributed by atoms with van der Waals surface area (Å²) in [5.41, 5.74) is 17.3. The van der Waals surface area contributed by atoms with Crippen LogP contribution in [0.1, 0.15) is 62.6 Å². The quantitative estimate of drug-likeness (QED) is 0.680. The SMILES string of the molecule is CC(N)=C(C=NC1CC(CCCN)C1)c1cnc2ccc(C3CCOCC3)cc2n1. The van der Waals surface area contributed by atoms with Gasteiger partial charge in [-0.25, -0.2) is 4.98 Å². The minimum absolute atomic E-state index is 0.385. The van der Waals surface area contributed by atoms with E-state index in [4.69, 9.17) is 26.2 Å². The molecule has 0 unspecified atom stereocenters. The summed E-state index contributed by atoms with van der Waals surface area (Å²) >= 11 is 0. The number of rotatable bonds is 7. The molecule has 1 aromatic carbocycles. The number of nitrogens with zero attached hydrogens (tertiary/aromatic N) is 3. The van der Waals surface area contributed by atoms with E-state index in [-0.39, 0.29) is 0 Å². The molecule has 2 fully saturated rings. The largest absolute Gasteiger partial charge is 0.402 e. The van der Waals surface area contributed by atoms with Gasteiger partial charge in [-0.15, -0.1) is 0 Å². The fourth-order valence-electron chi connectivity index (χ4n) is 4.46. The van der Waals surface area contributed by atoms with Crippen LogP contribution in [-0.4, -0.2) is 42.0 Å². The van der Waals surface area contributed by atoms with Crippen LogP contribution in [0.25, 0.3) is 16.6 Å². The fraction of sp³-hybridized carbons (Fsp3) is 0.542. The van der Waals surface area contributed by atoms with Gasteiger partial charge in [-0.1, -0.05) is 6.07 Å². The topological polar surface area (TPSA) is 99.4 Å². The second-order valence-corrected chi connectivity index (χ2v) is 8.69. The zero-order valence-electron chi connectivity index (χ0n) is 17.9. The number of hydrogen-bond donors (Lipinski definition) is 2. The summed E-state index contributed by atoms with van der Waals surface area (Å²) in [4.78, 5) is 14.3. The maximum absolute atomic E-state index is 6.19. The van der Waals surface area contributed by atoms with Gasteiger partial charge >= 0.3 is 0 Å². The van der Waals surface area contributed by atoms with Crippen LogP contribution in [0.5, 0.6) is 0 Å². The Morgan fingerprint density at radius 1 is 1.23 bits per heavy atom.